The topological polar surface area (TPSA) is 74.7 Å². The molecule has 1 aliphatic heterocycles. The van der Waals surface area contributed by atoms with Crippen molar-refractivity contribution in [1.29, 1.82) is 0 Å². The van der Waals surface area contributed by atoms with Crippen molar-refractivity contribution in [3.8, 4) is 0 Å². The van der Waals surface area contributed by atoms with Crippen LogP contribution in [0.5, 0.6) is 0 Å². The van der Waals surface area contributed by atoms with Crippen LogP contribution in [0.1, 0.15) is 43.2 Å². The molecule has 1 atom stereocenters. The van der Waals surface area contributed by atoms with Gasteiger partial charge in [-0.05, 0) is 54.7 Å². The highest BCUT2D eigenvalue weighted by Gasteiger charge is 2.71. The highest BCUT2D eigenvalue weighted by Crippen LogP contribution is 2.51. The minimum absolute atomic E-state index is 0.222. The van der Waals surface area contributed by atoms with Gasteiger partial charge in [-0.3, -0.25) is 9.10 Å². The van der Waals surface area contributed by atoms with Crippen LogP contribution in [0.4, 0.5) is 45.2 Å². The Labute approximate surface area is 222 Å². The van der Waals surface area contributed by atoms with Crippen LogP contribution in [0.2, 0.25) is 0 Å². The van der Waals surface area contributed by atoms with E-state index in [1.807, 2.05) is 0 Å². The summed E-state index contributed by atoms with van der Waals surface area (Å²) in [6.45, 7) is 0. The highest BCUT2D eigenvalue weighted by atomic mass is 32.2. The number of carbonyl (C=O) groups excluding carboxylic acids is 1. The molecule has 1 fully saturated rings. The molecule has 0 saturated heterocycles. The standard InChI is InChI=1S/C25H22F9NO4S/c26-17-3-6-20(7-4-17)40(38,39)35-18(11-19(36)9-14-12-22(27,28)13-14)5-1-15-10-16(2-8-21(15)35)23(37,24(29,30)31)25(32,33)34/h2-4,6-8,10,14,18,37H,1,5,9,11-13H2/t18-/m0/s1. The third-order valence-corrected chi connectivity index (χ3v) is 9.04. The number of carbonyl (C=O) groups is 1. The lowest BCUT2D eigenvalue weighted by Gasteiger charge is -2.39. The van der Waals surface area contributed by atoms with E-state index < -0.39 is 87.2 Å². The van der Waals surface area contributed by atoms with Crippen molar-refractivity contribution < 1.29 is 57.8 Å². The van der Waals surface area contributed by atoms with Crippen molar-refractivity contribution >= 4 is 21.5 Å². The van der Waals surface area contributed by atoms with E-state index in [-0.39, 0.29) is 30.5 Å². The van der Waals surface area contributed by atoms with Crippen LogP contribution < -0.4 is 4.31 Å². The van der Waals surface area contributed by atoms with Gasteiger partial charge in [0.2, 0.25) is 5.92 Å². The van der Waals surface area contributed by atoms with Crippen molar-refractivity contribution in [2.24, 2.45) is 5.92 Å². The maximum Gasteiger partial charge on any atom is 0.430 e. The van der Waals surface area contributed by atoms with Crippen LogP contribution >= 0.6 is 0 Å². The number of anilines is 1. The fourth-order valence-electron chi connectivity index (χ4n) is 5.18. The first kappa shape index (κ1) is 30.2. The number of fused-ring (bicyclic) bond motifs is 1. The molecule has 0 amide bonds. The summed E-state index contributed by atoms with van der Waals surface area (Å²) < 4.78 is 148. The van der Waals surface area contributed by atoms with E-state index in [9.17, 15) is 57.8 Å². The number of nitrogens with zero attached hydrogens (tertiary/aromatic N) is 1. The number of ketones is 1. The van der Waals surface area contributed by atoms with E-state index in [2.05, 4.69) is 0 Å². The monoisotopic (exact) mass is 603 g/mol. The summed E-state index contributed by atoms with van der Waals surface area (Å²) in [5.41, 5.74) is -7.44. The molecule has 1 saturated carbocycles. The number of aryl methyl sites for hydroxylation is 1. The average molecular weight is 604 g/mol. The number of alkyl halides is 8. The smallest absolute Gasteiger partial charge is 0.369 e. The van der Waals surface area contributed by atoms with Crippen LogP contribution in [-0.2, 0) is 26.8 Å². The molecular weight excluding hydrogens is 581 g/mol. The number of aliphatic hydroxyl groups is 1. The molecule has 2 aromatic carbocycles. The van der Waals surface area contributed by atoms with E-state index in [0.717, 1.165) is 24.3 Å². The molecule has 15 heteroatoms. The normalized spacial score (nSPS) is 20.1. The fraction of sp³-hybridized carbons (Fsp3) is 0.480. The second kappa shape index (κ2) is 9.93. The zero-order chi connectivity index (χ0) is 29.9. The van der Waals surface area contributed by atoms with Crippen LogP contribution in [0.25, 0.3) is 0 Å². The summed E-state index contributed by atoms with van der Waals surface area (Å²) in [6.07, 6.45) is -14.5. The minimum Gasteiger partial charge on any atom is -0.369 e. The first-order valence-electron chi connectivity index (χ1n) is 11.9. The summed E-state index contributed by atoms with van der Waals surface area (Å²) in [5, 5.41) is 9.79. The molecule has 0 unspecified atom stereocenters. The molecule has 4 rings (SSSR count). The van der Waals surface area contributed by atoms with Gasteiger partial charge in [-0.1, -0.05) is 12.1 Å². The number of halogens is 9. The Hall–Kier alpha value is -2.81. The lowest BCUT2D eigenvalue weighted by molar-refractivity contribution is -0.376. The molecule has 1 N–H and O–H groups in total. The summed E-state index contributed by atoms with van der Waals surface area (Å²) >= 11 is 0. The molecule has 40 heavy (non-hydrogen) atoms. The minimum atomic E-state index is -6.17. The van der Waals surface area contributed by atoms with Crippen LogP contribution in [-0.4, -0.2) is 43.6 Å². The summed E-state index contributed by atoms with van der Waals surface area (Å²) in [5.74, 6) is -4.83. The Morgan fingerprint density at radius 1 is 0.950 bits per heavy atom. The lowest BCUT2D eigenvalue weighted by atomic mass is 9.77. The second-order valence-corrected chi connectivity index (χ2v) is 11.9. The van der Waals surface area contributed by atoms with E-state index in [4.69, 9.17) is 0 Å². The van der Waals surface area contributed by atoms with Crippen molar-refractivity contribution in [1.82, 2.24) is 0 Å². The Balaban J connectivity index is 1.75. The Kier molecular flexibility index (Phi) is 7.48. The molecule has 2 aromatic rings. The number of hydrogen-bond donors (Lipinski definition) is 1. The molecule has 1 aliphatic carbocycles. The Morgan fingerprint density at radius 2 is 1.52 bits per heavy atom. The van der Waals surface area contributed by atoms with Gasteiger partial charge in [0.05, 0.1) is 16.6 Å². The Bertz CT molecular complexity index is 1370. The zero-order valence-corrected chi connectivity index (χ0v) is 21.2. The van der Waals surface area contributed by atoms with Crippen molar-refractivity contribution in [2.75, 3.05) is 4.31 Å². The first-order chi connectivity index (χ1) is 18.3. The predicted octanol–water partition coefficient (Wildman–Crippen LogP) is 6.04. The molecule has 0 radical (unpaired) electrons. The first-order valence-corrected chi connectivity index (χ1v) is 13.4. The van der Waals surface area contributed by atoms with Crippen molar-refractivity contribution in [3.05, 3.63) is 59.4 Å². The van der Waals surface area contributed by atoms with Gasteiger partial charge in [0.1, 0.15) is 11.6 Å². The van der Waals surface area contributed by atoms with Gasteiger partial charge in [0, 0.05) is 31.2 Å². The number of hydrogen-bond acceptors (Lipinski definition) is 4. The zero-order valence-electron chi connectivity index (χ0n) is 20.4. The van der Waals surface area contributed by atoms with Gasteiger partial charge < -0.3 is 5.11 Å². The van der Waals surface area contributed by atoms with E-state index >= 15 is 0 Å². The number of Topliss-reactive ketones (excluding diaryl/α,β-unsaturated/α-hetero) is 1. The van der Waals surface area contributed by atoms with Gasteiger partial charge in [-0.25, -0.2) is 21.6 Å². The molecular formula is C25H22F9NO4S. The van der Waals surface area contributed by atoms with Crippen LogP contribution in [0, 0.1) is 11.7 Å². The van der Waals surface area contributed by atoms with Gasteiger partial charge in [0.25, 0.3) is 15.6 Å². The maximum atomic E-state index is 13.6. The molecule has 5 nitrogen and oxygen atoms in total. The van der Waals surface area contributed by atoms with E-state index in [0.29, 0.717) is 22.5 Å². The quantitative estimate of drug-likeness (QED) is 0.392. The van der Waals surface area contributed by atoms with Gasteiger partial charge in [-0.2, -0.15) is 26.3 Å². The van der Waals surface area contributed by atoms with Crippen molar-refractivity contribution in [2.45, 2.75) is 73.3 Å². The summed E-state index contributed by atoms with van der Waals surface area (Å²) in [4.78, 5) is 12.2. The predicted molar refractivity (Wildman–Crippen MR) is 123 cm³/mol. The lowest BCUT2D eigenvalue weighted by Crippen LogP contribution is -2.54. The van der Waals surface area contributed by atoms with Gasteiger partial charge in [-0.15, -0.1) is 0 Å². The SMILES string of the molecule is O=C(CC1CC(F)(F)C1)C[C@@H]1CCc2cc(C(O)(C(F)(F)F)C(F)(F)F)ccc2N1S(=O)(=O)c1ccc(F)cc1. The Morgan fingerprint density at radius 3 is 2.05 bits per heavy atom. The fourth-order valence-corrected chi connectivity index (χ4v) is 6.89. The van der Waals surface area contributed by atoms with E-state index in [1.165, 1.54) is 0 Å². The summed E-state index contributed by atoms with van der Waals surface area (Å²) in [6, 6.07) is 3.67. The summed E-state index contributed by atoms with van der Waals surface area (Å²) in [7, 11) is -4.64. The third-order valence-electron chi connectivity index (χ3n) is 7.16. The van der Waals surface area contributed by atoms with Gasteiger partial charge >= 0.3 is 12.4 Å². The van der Waals surface area contributed by atoms with Crippen LogP contribution in [0.15, 0.2) is 47.4 Å². The van der Waals surface area contributed by atoms with Crippen molar-refractivity contribution in [3.63, 3.8) is 0 Å². The average Bonchev–Trinajstić information content (AvgIpc) is 2.80. The molecule has 1 heterocycles. The van der Waals surface area contributed by atoms with E-state index in [1.54, 1.807) is 0 Å². The van der Waals surface area contributed by atoms with Crippen LogP contribution in [0.3, 0.4) is 0 Å². The largest absolute Gasteiger partial charge is 0.430 e. The number of benzene rings is 2. The number of sulfonamides is 1. The molecule has 0 spiro atoms. The highest BCUT2D eigenvalue weighted by molar-refractivity contribution is 7.92. The second-order valence-electron chi connectivity index (χ2n) is 10.1. The van der Waals surface area contributed by atoms with Gasteiger partial charge in [0.15, 0.2) is 0 Å². The third kappa shape index (κ3) is 5.41. The molecule has 0 bridgehead atoms. The maximum absolute atomic E-state index is 13.6. The molecule has 220 valence electrons. The molecule has 0 aromatic heterocycles. The number of rotatable bonds is 7. The molecule has 2 aliphatic rings.